The van der Waals surface area contributed by atoms with Crippen molar-refractivity contribution in [3.8, 4) is 0 Å². The molecular formula is C14H18ClNOS. The van der Waals surface area contributed by atoms with Crippen LogP contribution >= 0.6 is 22.9 Å². The summed E-state index contributed by atoms with van der Waals surface area (Å²) in [5.41, 5.74) is 1.46. The number of halogens is 1. The van der Waals surface area contributed by atoms with Gasteiger partial charge in [0, 0.05) is 17.0 Å². The second kappa shape index (κ2) is 4.48. The first-order valence-corrected chi connectivity index (χ1v) is 8.18. The summed E-state index contributed by atoms with van der Waals surface area (Å²) < 4.78 is 6.88. The number of ether oxygens (including phenoxy) is 1. The molecular weight excluding hydrogens is 266 g/mol. The Hall–Kier alpha value is -0.0900. The van der Waals surface area contributed by atoms with Crippen LogP contribution in [0.1, 0.15) is 48.6 Å². The van der Waals surface area contributed by atoms with E-state index in [1.165, 1.54) is 49.0 Å². The van der Waals surface area contributed by atoms with Gasteiger partial charge in [0.25, 0.3) is 0 Å². The lowest BCUT2D eigenvalue weighted by atomic mass is 9.90. The molecule has 98 valence electrons. The third-order valence-electron chi connectivity index (χ3n) is 4.60. The largest absolute Gasteiger partial charge is 0.373 e. The van der Waals surface area contributed by atoms with Gasteiger partial charge in [-0.3, -0.25) is 0 Å². The molecule has 4 rings (SSSR count). The summed E-state index contributed by atoms with van der Waals surface area (Å²) in [6.45, 7) is 0. The zero-order valence-corrected chi connectivity index (χ0v) is 11.9. The van der Waals surface area contributed by atoms with Crippen LogP contribution in [0.3, 0.4) is 0 Å². The van der Waals surface area contributed by atoms with Gasteiger partial charge in [-0.2, -0.15) is 0 Å². The van der Waals surface area contributed by atoms with Crippen LogP contribution in [0.4, 0.5) is 0 Å². The highest BCUT2D eigenvalue weighted by Gasteiger charge is 2.41. The van der Waals surface area contributed by atoms with Crippen molar-refractivity contribution >= 4 is 22.9 Å². The Morgan fingerprint density at radius 2 is 2.28 bits per heavy atom. The Labute approximate surface area is 117 Å². The minimum Gasteiger partial charge on any atom is -0.373 e. The average Bonchev–Trinajstić information content (AvgIpc) is 3.02. The number of hydrogen-bond acceptors (Lipinski definition) is 3. The van der Waals surface area contributed by atoms with Gasteiger partial charge in [0.15, 0.2) is 0 Å². The summed E-state index contributed by atoms with van der Waals surface area (Å²) in [7, 11) is 0. The van der Waals surface area contributed by atoms with E-state index in [4.69, 9.17) is 16.3 Å². The maximum absolute atomic E-state index is 6.16. The molecule has 0 aromatic carbocycles. The number of rotatable bonds is 2. The molecule has 0 radical (unpaired) electrons. The van der Waals surface area contributed by atoms with E-state index in [2.05, 4.69) is 11.4 Å². The van der Waals surface area contributed by atoms with Gasteiger partial charge >= 0.3 is 0 Å². The standard InChI is InChI=1S/C14H18ClNOS/c15-14-7-9-10(2-1-3-13(9)18-14)16-11-6-8-4-5-12(11)17-8/h7-8,10-12,16H,1-6H2. The maximum Gasteiger partial charge on any atom is 0.0934 e. The second-order valence-electron chi connectivity index (χ2n) is 5.76. The minimum atomic E-state index is 0.467. The summed E-state index contributed by atoms with van der Waals surface area (Å²) in [5.74, 6) is 0. The van der Waals surface area contributed by atoms with Crippen LogP contribution in [0, 0.1) is 0 Å². The highest BCUT2D eigenvalue weighted by molar-refractivity contribution is 7.16. The monoisotopic (exact) mass is 283 g/mol. The first-order chi connectivity index (χ1) is 8.79. The third kappa shape index (κ3) is 1.92. The molecule has 2 fully saturated rings. The first kappa shape index (κ1) is 11.7. The molecule has 2 bridgehead atoms. The summed E-state index contributed by atoms with van der Waals surface area (Å²) >= 11 is 7.92. The van der Waals surface area contributed by atoms with E-state index in [1.807, 2.05) is 0 Å². The Bertz CT molecular complexity index is 461. The van der Waals surface area contributed by atoms with Gasteiger partial charge < -0.3 is 10.1 Å². The molecule has 1 aliphatic carbocycles. The average molecular weight is 284 g/mol. The third-order valence-corrected chi connectivity index (χ3v) is 5.94. The van der Waals surface area contributed by atoms with Crippen LogP contribution in [-0.2, 0) is 11.2 Å². The minimum absolute atomic E-state index is 0.467. The van der Waals surface area contributed by atoms with Crippen molar-refractivity contribution in [1.82, 2.24) is 5.32 Å². The van der Waals surface area contributed by atoms with E-state index < -0.39 is 0 Å². The molecule has 0 saturated carbocycles. The molecule has 4 atom stereocenters. The summed E-state index contributed by atoms with van der Waals surface area (Å²) in [6.07, 6.45) is 8.44. The highest BCUT2D eigenvalue weighted by Crippen LogP contribution is 2.40. The van der Waals surface area contributed by atoms with E-state index in [-0.39, 0.29) is 0 Å². The van der Waals surface area contributed by atoms with E-state index in [0.29, 0.717) is 24.3 Å². The number of thiophene rings is 1. The van der Waals surface area contributed by atoms with Crippen molar-refractivity contribution in [2.24, 2.45) is 0 Å². The molecule has 1 aromatic heterocycles. The molecule has 2 nitrogen and oxygen atoms in total. The lowest BCUT2D eigenvalue weighted by Crippen LogP contribution is -2.40. The Kier molecular flexibility index (Phi) is 2.92. The van der Waals surface area contributed by atoms with Crippen molar-refractivity contribution in [3.05, 3.63) is 20.8 Å². The van der Waals surface area contributed by atoms with E-state index in [1.54, 1.807) is 11.3 Å². The fraction of sp³-hybridized carbons (Fsp3) is 0.714. The smallest absolute Gasteiger partial charge is 0.0934 e. The van der Waals surface area contributed by atoms with Crippen LogP contribution in [0.5, 0.6) is 0 Å². The maximum atomic E-state index is 6.16. The van der Waals surface area contributed by atoms with Crippen LogP contribution < -0.4 is 5.32 Å². The quantitative estimate of drug-likeness (QED) is 0.894. The highest BCUT2D eigenvalue weighted by atomic mass is 35.5. The van der Waals surface area contributed by atoms with E-state index in [9.17, 15) is 0 Å². The molecule has 4 unspecified atom stereocenters. The van der Waals surface area contributed by atoms with Crippen molar-refractivity contribution in [2.45, 2.75) is 62.8 Å². The number of nitrogens with one attached hydrogen (secondary N) is 1. The van der Waals surface area contributed by atoms with Gasteiger partial charge in [-0.15, -0.1) is 11.3 Å². The van der Waals surface area contributed by atoms with Crippen LogP contribution in [0.25, 0.3) is 0 Å². The van der Waals surface area contributed by atoms with Gasteiger partial charge in [-0.25, -0.2) is 0 Å². The Balaban J connectivity index is 1.52. The molecule has 3 heterocycles. The topological polar surface area (TPSA) is 21.3 Å². The van der Waals surface area contributed by atoms with Gasteiger partial charge in [0.2, 0.25) is 0 Å². The molecule has 4 heteroatoms. The first-order valence-electron chi connectivity index (χ1n) is 6.99. The normalized spacial score (nSPS) is 38.1. The number of fused-ring (bicyclic) bond motifs is 3. The molecule has 0 spiro atoms. The van der Waals surface area contributed by atoms with Crippen molar-refractivity contribution in [3.63, 3.8) is 0 Å². The van der Waals surface area contributed by atoms with E-state index >= 15 is 0 Å². The van der Waals surface area contributed by atoms with Crippen molar-refractivity contribution in [2.75, 3.05) is 0 Å². The summed E-state index contributed by atoms with van der Waals surface area (Å²) in [6, 6.07) is 3.25. The molecule has 1 aromatic rings. The molecule has 18 heavy (non-hydrogen) atoms. The van der Waals surface area contributed by atoms with Gasteiger partial charge in [-0.05, 0) is 50.2 Å². The van der Waals surface area contributed by atoms with E-state index in [0.717, 1.165) is 4.34 Å². The molecule has 3 aliphatic rings. The van der Waals surface area contributed by atoms with Crippen molar-refractivity contribution in [1.29, 1.82) is 0 Å². The van der Waals surface area contributed by atoms with Gasteiger partial charge in [0.1, 0.15) is 0 Å². The fourth-order valence-corrected chi connectivity index (χ4v) is 5.15. The van der Waals surface area contributed by atoms with Crippen LogP contribution in [0.15, 0.2) is 6.07 Å². The molecule has 2 aliphatic heterocycles. The van der Waals surface area contributed by atoms with Gasteiger partial charge in [-0.1, -0.05) is 11.6 Å². The zero-order valence-electron chi connectivity index (χ0n) is 10.3. The SMILES string of the molecule is Clc1cc2c(s1)CCCC2NC1CC2CCC1O2. The lowest BCUT2D eigenvalue weighted by Gasteiger charge is -2.29. The lowest BCUT2D eigenvalue weighted by molar-refractivity contribution is 0.0956. The second-order valence-corrected chi connectivity index (χ2v) is 7.52. The zero-order chi connectivity index (χ0) is 12.1. The summed E-state index contributed by atoms with van der Waals surface area (Å²) in [4.78, 5) is 1.49. The predicted molar refractivity (Wildman–Crippen MR) is 74.4 cm³/mol. The van der Waals surface area contributed by atoms with Gasteiger partial charge in [0.05, 0.1) is 16.5 Å². The number of aryl methyl sites for hydroxylation is 1. The summed E-state index contributed by atoms with van der Waals surface area (Å²) in [5, 5.41) is 3.84. The van der Waals surface area contributed by atoms with Crippen LogP contribution in [-0.4, -0.2) is 18.2 Å². The predicted octanol–water partition coefficient (Wildman–Crippen LogP) is 3.69. The molecule has 1 N–H and O–H groups in total. The molecule has 0 amide bonds. The number of hydrogen-bond donors (Lipinski definition) is 1. The fourth-order valence-electron chi connectivity index (χ4n) is 3.77. The van der Waals surface area contributed by atoms with Crippen LogP contribution in [0.2, 0.25) is 4.34 Å². The Morgan fingerprint density at radius 1 is 1.33 bits per heavy atom. The molecule has 2 saturated heterocycles. The Morgan fingerprint density at radius 3 is 3.06 bits per heavy atom. The van der Waals surface area contributed by atoms with Crippen molar-refractivity contribution < 1.29 is 4.74 Å².